The Kier molecular flexibility index (Phi) is 11.4. The predicted molar refractivity (Wildman–Crippen MR) is 151 cm³/mol. The maximum Gasteiger partial charge on any atom is 0.416 e. The number of hydrogen-bond donors (Lipinski definition) is 0. The van der Waals surface area contributed by atoms with Gasteiger partial charge in [-0.1, -0.05) is 30.3 Å². The van der Waals surface area contributed by atoms with Crippen LogP contribution >= 0.6 is 12.4 Å². The van der Waals surface area contributed by atoms with Crippen molar-refractivity contribution >= 4 is 18.3 Å². The van der Waals surface area contributed by atoms with Gasteiger partial charge in [-0.2, -0.15) is 26.3 Å². The fourth-order valence-corrected chi connectivity index (χ4v) is 5.62. The van der Waals surface area contributed by atoms with E-state index in [-0.39, 0.29) is 35.9 Å². The molecule has 0 aromatic heterocycles. The number of carbonyl (C=O) groups is 1. The van der Waals surface area contributed by atoms with Gasteiger partial charge in [0, 0.05) is 51.2 Å². The highest BCUT2D eigenvalue weighted by atomic mass is 35.5. The first-order valence-electron chi connectivity index (χ1n) is 14.0. The Morgan fingerprint density at radius 2 is 1.45 bits per heavy atom. The quantitative estimate of drug-likeness (QED) is 0.325. The number of carbonyl (C=O) groups excluding carboxylic acids is 1. The van der Waals surface area contributed by atoms with Gasteiger partial charge in [-0.25, -0.2) is 0 Å². The zero-order chi connectivity index (χ0) is 29.9. The molecule has 2 heterocycles. The van der Waals surface area contributed by atoms with Gasteiger partial charge in [0.15, 0.2) is 0 Å². The Bertz CT molecular complexity index is 1140. The number of alkyl halides is 6. The van der Waals surface area contributed by atoms with Crippen LogP contribution in [0.4, 0.5) is 26.3 Å². The lowest BCUT2D eigenvalue weighted by Crippen LogP contribution is -2.53. The Labute approximate surface area is 249 Å². The van der Waals surface area contributed by atoms with Crippen LogP contribution in [-0.2, 0) is 21.9 Å². The molecule has 0 radical (unpaired) electrons. The number of rotatable bonds is 7. The van der Waals surface area contributed by atoms with E-state index in [0.29, 0.717) is 32.1 Å². The molecule has 42 heavy (non-hydrogen) atoms. The van der Waals surface area contributed by atoms with Gasteiger partial charge in [-0.15, -0.1) is 12.4 Å². The second kappa shape index (κ2) is 14.0. The standard InChI is InChI=1S/C30H37F6N3O2.ClH/c1-20(2)38-13-11-37(12-14-38)19-28(40)39-10-9-27(26(18-39)22-7-5-4-6-8-22)41-21(3)23-15-24(29(31,32)33)17-25(16-23)30(34,35)36;/h4-8,15-17,20-21,26-27H,9-14,18-19H2,1-3H3;1H/t21-,26?,27?;/m1./s1. The van der Waals surface area contributed by atoms with Crippen molar-refractivity contribution < 1.29 is 35.9 Å². The first-order chi connectivity index (χ1) is 19.2. The summed E-state index contributed by atoms with van der Waals surface area (Å²) in [4.78, 5) is 19.6. The van der Waals surface area contributed by atoms with Crippen LogP contribution in [0.2, 0.25) is 0 Å². The molecule has 2 aliphatic heterocycles. The number of halogens is 7. The smallest absolute Gasteiger partial charge is 0.370 e. The summed E-state index contributed by atoms with van der Waals surface area (Å²) in [6.07, 6.45) is -11.0. The van der Waals surface area contributed by atoms with Crippen LogP contribution in [0.5, 0.6) is 0 Å². The topological polar surface area (TPSA) is 36.0 Å². The minimum absolute atomic E-state index is 0. The minimum atomic E-state index is -4.94. The molecular formula is C30H38ClF6N3O2. The fourth-order valence-electron chi connectivity index (χ4n) is 5.62. The van der Waals surface area contributed by atoms with Crippen LogP contribution in [-0.4, -0.2) is 78.6 Å². The molecule has 2 saturated heterocycles. The summed E-state index contributed by atoms with van der Waals surface area (Å²) in [5.74, 6) is -0.287. The van der Waals surface area contributed by atoms with Crippen molar-refractivity contribution in [1.29, 1.82) is 0 Å². The van der Waals surface area contributed by atoms with Gasteiger partial charge < -0.3 is 9.64 Å². The lowest BCUT2D eigenvalue weighted by atomic mass is 9.87. The Balaban J connectivity index is 0.00000484. The second-order valence-corrected chi connectivity index (χ2v) is 11.2. The summed E-state index contributed by atoms with van der Waals surface area (Å²) < 4.78 is 86.8. The number of nitrogens with zero attached hydrogens (tertiary/aromatic N) is 3. The zero-order valence-electron chi connectivity index (χ0n) is 23.9. The molecule has 5 nitrogen and oxygen atoms in total. The van der Waals surface area contributed by atoms with Gasteiger partial charge in [0.05, 0.1) is 29.9 Å². The molecule has 0 bridgehead atoms. The minimum Gasteiger partial charge on any atom is -0.370 e. The van der Waals surface area contributed by atoms with Gasteiger partial charge in [0.25, 0.3) is 0 Å². The summed E-state index contributed by atoms with van der Waals surface area (Å²) >= 11 is 0. The number of piperidine rings is 1. The van der Waals surface area contributed by atoms with Crippen molar-refractivity contribution in [2.75, 3.05) is 45.8 Å². The monoisotopic (exact) mass is 621 g/mol. The predicted octanol–water partition coefficient (Wildman–Crippen LogP) is 6.63. The van der Waals surface area contributed by atoms with Crippen molar-refractivity contribution in [1.82, 2.24) is 14.7 Å². The molecule has 3 atom stereocenters. The second-order valence-electron chi connectivity index (χ2n) is 11.2. The van der Waals surface area contributed by atoms with Crippen LogP contribution < -0.4 is 0 Å². The zero-order valence-corrected chi connectivity index (χ0v) is 24.7. The molecule has 0 saturated carbocycles. The van der Waals surface area contributed by atoms with Crippen molar-refractivity contribution in [3.05, 3.63) is 70.8 Å². The maximum atomic E-state index is 13.4. The maximum absolute atomic E-state index is 13.4. The molecule has 0 aliphatic carbocycles. The number of benzene rings is 2. The number of likely N-dealkylation sites (tertiary alicyclic amines) is 1. The molecule has 2 aromatic rings. The SMILES string of the molecule is CC(C)N1CCN(CC(=O)N2CCC(O[C@H](C)c3cc(C(F)(F)F)cc(C(F)(F)F)c3)C(c3ccccc3)C2)CC1.Cl. The molecule has 12 heteroatoms. The molecule has 0 N–H and O–H groups in total. The first-order valence-corrected chi connectivity index (χ1v) is 14.0. The van der Waals surface area contributed by atoms with E-state index in [1.165, 1.54) is 6.92 Å². The van der Waals surface area contributed by atoms with Gasteiger partial charge in [0.1, 0.15) is 0 Å². The average molecular weight is 622 g/mol. The Morgan fingerprint density at radius 1 is 0.881 bits per heavy atom. The molecule has 2 unspecified atom stereocenters. The van der Waals surface area contributed by atoms with Crippen LogP contribution in [0.3, 0.4) is 0 Å². The third-order valence-electron chi connectivity index (χ3n) is 8.08. The molecule has 234 valence electrons. The highest BCUT2D eigenvalue weighted by molar-refractivity contribution is 5.85. The summed E-state index contributed by atoms with van der Waals surface area (Å²) in [7, 11) is 0. The largest absolute Gasteiger partial charge is 0.416 e. The lowest BCUT2D eigenvalue weighted by Gasteiger charge is -2.41. The van der Waals surface area contributed by atoms with E-state index in [1.54, 1.807) is 4.90 Å². The molecule has 2 aromatic carbocycles. The van der Waals surface area contributed by atoms with E-state index in [9.17, 15) is 31.1 Å². The van der Waals surface area contributed by atoms with Crippen LogP contribution in [0, 0.1) is 0 Å². The first kappa shape index (κ1) is 34.2. The van der Waals surface area contributed by atoms with E-state index in [1.807, 2.05) is 30.3 Å². The van der Waals surface area contributed by atoms with E-state index in [0.717, 1.165) is 43.9 Å². The molecule has 2 aliphatic rings. The molecular weight excluding hydrogens is 584 g/mol. The van der Waals surface area contributed by atoms with Crippen molar-refractivity contribution in [3.8, 4) is 0 Å². The van der Waals surface area contributed by atoms with E-state index in [2.05, 4.69) is 23.6 Å². The number of amides is 1. The summed E-state index contributed by atoms with van der Waals surface area (Å²) in [6, 6.07) is 11.4. The summed E-state index contributed by atoms with van der Waals surface area (Å²) in [5, 5.41) is 0. The lowest BCUT2D eigenvalue weighted by molar-refractivity contribution is -0.143. The Hall–Kier alpha value is -2.34. The van der Waals surface area contributed by atoms with Crippen LogP contribution in [0.1, 0.15) is 61.5 Å². The third-order valence-corrected chi connectivity index (χ3v) is 8.08. The van der Waals surface area contributed by atoms with Gasteiger partial charge in [0.2, 0.25) is 5.91 Å². The molecule has 0 spiro atoms. The number of ether oxygens (including phenoxy) is 1. The van der Waals surface area contributed by atoms with Crippen LogP contribution in [0.15, 0.2) is 48.5 Å². The number of hydrogen-bond acceptors (Lipinski definition) is 4. The van der Waals surface area contributed by atoms with Crippen molar-refractivity contribution in [2.24, 2.45) is 0 Å². The van der Waals surface area contributed by atoms with Gasteiger partial charge in [-0.05, 0) is 56.5 Å². The summed E-state index contributed by atoms with van der Waals surface area (Å²) in [5.41, 5.74) is -2.04. The van der Waals surface area contributed by atoms with Gasteiger partial charge in [-0.3, -0.25) is 14.6 Å². The highest BCUT2D eigenvalue weighted by Gasteiger charge is 2.39. The van der Waals surface area contributed by atoms with Crippen LogP contribution in [0.25, 0.3) is 0 Å². The molecule has 1 amide bonds. The number of piperazine rings is 1. The van der Waals surface area contributed by atoms with Gasteiger partial charge >= 0.3 is 12.4 Å². The molecule has 2 fully saturated rings. The van der Waals surface area contributed by atoms with Crippen molar-refractivity contribution in [3.63, 3.8) is 0 Å². The fraction of sp³-hybridized carbons (Fsp3) is 0.567. The van der Waals surface area contributed by atoms with Crippen molar-refractivity contribution in [2.45, 2.75) is 63.7 Å². The third kappa shape index (κ3) is 8.61. The summed E-state index contributed by atoms with van der Waals surface area (Å²) in [6.45, 7) is 10.2. The highest BCUT2D eigenvalue weighted by Crippen LogP contribution is 2.39. The average Bonchev–Trinajstić information content (AvgIpc) is 2.92. The molecule has 4 rings (SSSR count). The van der Waals surface area contributed by atoms with E-state index < -0.39 is 35.7 Å². The van der Waals surface area contributed by atoms with E-state index >= 15 is 0 Å². The van der Waals surface area contributed by atoms with E-state index in [4.69, 9.17) is 4.74 Å². The Morgan fingerprint density at radius 3 is 1.98 bits per heavy atom. The normalized spacial score (nSPS) is 21.7.